The van der Waals surface area contributed by atoms with Crippen molar-refractivity contribution < 1.29 is 22.1 Å². The predicted octanol–water partition coefficient (Wildman–Crippen LogP) is 5.60. The summed E-state index contributed by atoms with van der Waals surface area (Å²) in [4.78, 5) is 4.41. The zero-order valence-electron chi connectivity index (χ0n) is 20.6. The number of anilines is 1. The highest BCUT2D eigenvalue weighted by atomic mass is 32.2. The molecule has 1 aromatic heterocycles. The number of nitrogens with zero attached hydrogens (tertiary/aromatic N) is 3. The summed E-state index contributed by atoms with van der Waals surface area (Å²) >= 11 is 5.34. The predicted molar refractivity (Wildman–Crippen MR) is 146 cm³/mol. The van der Waals surface area contributed by atoms with Gasteiger partial charge in [0.25, 0.3) is 0 Å². The van der Waals surface area contributed by atoms with Crippen molar-refractivity contribution in [3.8, 4) is 22.7 Å². The Balaban J connectivity index is 1.31. The molecule has 0 aliphatic carbocycles. The second-order valence-corrected chi connectivity index (χ2v) is 10.4. The van der Waals surface area contributed by atoms with E-state index in [0.717, 1.165) is 22.4 Å². The van der Waals surface area contributed by atoms with Gasteiger partial charge in [0, 0.05) is 16.9 Å². The lowest BCUT2D eigenvalue weighted by atomic mass is 10.1. The molecule has 1 atom stereocenters. The van der Waals surface area contributed by atoms with Crippen LogP contribution >= 0.6 is 12.2 Å². The number of para-hydroxylation sites is 1. The molecule has 7 nitrogen and oxygen atoms in total. The standard InChI is InChI=1S/C27H20F3N5O2S2/c1-16-4-3-5-17(2)23(16)33-26(38)34-32-13-18-6-11-22-19(12-18)14-39(36)25-24(22)31-15-35(25)20-7-9-21(10-8-20)37-27(28,29)30/h3-5,7-10,12-13,15H,14H2,1-2H3,(H2,33,34,38)/b32-13-. The van der Waals surface area contributed by atoms with E-state index in [9.17, 15) is 17.4 Å². The van der Waals surface area contributed by atoms with E-state index in [4.69, 9.17) is 12.2 Å². The van der Waals surface area contributed by atoms with Crippen molar-refractivity contribution in [2.24, 2.45) is 5.10 Å². The van der Waals surface area contributed by atoms with Crippen molar-refractivity contribution in [2.75, 3.05) is 5.32 Å². The monoisotopic (exact) mass is 567 g/mol. The SMILES string of the molecule is Cc1cccc(C)c1NC(=S)N/N=C\c1c#cc2c(c1)CS(=O)c1c-2ncn1-c1ccc(OC(F)(F)F)cc1. The molecule has 0 spiro atoms. The number of hydrogen-bond donors (Lipinski definition) is 2. The fourth-order valence-electron chi connectivity index (χ4n) is 4.15. The highest BCUT2D eigenvalue weighted by molar-refractivity contribution is 7.84. The summed E-state index contributed by atoms with van der Waals surface area (Å²) < 4.78 is 56.1. The van der Waals surface area contributed by atoms with E-state index in [0.29, 0.717) is 32.6 Å². The van der Waals surface area contributed by atoms with Crippen LogP contribution in [0.5, 0.6) is 5.75 Å². The van der Waals surface area contributed by atoms with Crippen LogP contribution in [0.2, 0.25) is 0 Å². The zero-order valence-corrected chi connectivity index (χ0v) is 22.2. The van der Waals surface area contributed by atoms with E-state index in [1.54, 1.807) is 4.57 Å². The van der Waals surface area contributed by atoms with Crippen molar-refractivity contribution in [1.29, 1.82) is 0 Å². The molecule has 0 saturated heterocycles. The summed E-state index contributed by atoms with van der Waals surface area (Å²) in [5.41, 5.74) is 8.81. The van der Waals surface area contributed by atoms with Crippen molar-refractivity contribution in [3.05, 3.63) is 89.2 Å². The Morgan fingerprint density at radius 1 is 1.18 bits per heavy atom. The fourth-order valence-corrected chi connectivity index (χ4v) is 5.69. The van der Waals surface area contributed by atoms with E-state index < -0.39 is 17.2 Å². The number of aromatic nitrogens is 2. The maximum absolute atomic E-state index is 13.2. The average molecular weight is 568 g/mol. The molecule has 198 valence electrons. The van der Waals surface area contributed by atoms with Gasteiger partial charge >= 0.3 is 6.36 Å². The number of hydrazone groups is 1. The molecule has 0 bridgehead atoms. The minimum absolute atomic E-state index is 0.204. The van der Waals surface area contributed by atoms with Gasteiger partial charge in [0.1, 0.15) is 22.8 Å². The number of benzene rings is 2. The van der Waals surface area contributed by atoms with Gasteiger partial charge in [-0.3, -0.25) is 14.2 Å². The summed E-state index contributed by atoms with van der Waals surface area (Å²) in [5, 5.41) is 8.08. The summed E-state index contributed by atoms with van der Waals surface area (Å²) in [6.45, 7) is 3.97. The Morgan fingerprint density at radius 3 is 2.59 bits per heavy atom. The molecule has 2 heterocycles. The van der Waals surface area contributed by atoms with Crippen LogP contribution < -0.4 is 15.5 Å². The van der Waals surface area contributed by atoms with Gasteiger partial charge < -0.3 is 10.1 Å². The molecule has 2 N–H and O–H groups in total. The van der Waals surface area contributed by atoms with E-state index in [2.05, 4.69) is 37.7 Å². The smallest absolute Gasteiger partial charge is 0.406 e. The van der Waals surface area contributed by atoms with Gasteiger partial charge in [-0.25, -0.2) is 4.98 Å². The second-order valence-electron chi connectivity index (χ2n) is 8.64. The maximum Gasteiger partial charge on any atom is 0.573 e. The van der Waals surface area contributed by atoms with Crippen LogP contribution in [-0.4, -0.2) is 31.4 Å². The molecule has 39 heavy (non-hydrogen) atoms. The van der Waals surface area contributed by atoms with Gasteiger partial charge in [-0.1, -0.05) is 30.3 Å². The van der Waals surface area contributed by atoms with Crippen LogP contribution in [-0.2, 0) is 16.6 Å². The Bertz CT molecular complexity index is 1590. The quantitative estimate of drug-likeness (QED) is 0.186. The maximum atomic E-state index is 13.2. The Morgan fingerprint density at radius 2 is 1.90 bits per heavy atom. The molecular formula is C27H20F3N5O2S2. The lowest BCUT2D eigenvalue weighted by Gasteiger charge is -2.16. The van der Waals surface area contributed by atoms with Crippen LogP contribution in [0.15, 0.2) is 65.0 Å². The number of hydrogen-bond acceptors (Lipinski definition) is 5. The molecule has 12 heteroatoms. The van der Waals surface area contributed by atoms with E-state index >= 15 is 0 Å². The average Bonchev–Trinajstić information content (AvgIpc) is 3.32. The number of thiocarbonyl (C=S) groups is 1. The minimum Gasteiger partial charge on any atom is -0.406 e. The first kappa shape index (κ1) is 26.4. The highest BCUT2D eigenvalue weighted by Gasteiger charge is 2.31. The number of imidazole rings is 1. The van der Waals surface area contributed by atoms with E-state index in [1.807, 2.05) is 38.1 Å². The summed E-state index contributed by atoms with van der Waals surface area (Å²) in [7, 11) is -1.46. The van der Waals surface area contributed by atoms with Crippen molar-refractivity contribution in [2.45, 2.75) is 31.0 Å². The summed E-state index contributed by atoms with van der Waals surface area (Å²) in [5.74, 6) is -0.143. The third kappa shape index (κ3) is 5.79. The van der Waals surface area contributed by atoms with Crippen LogP contribution in [0.3, 0.4) is 0 Å². The Hall–Kier alpha value is -4.21. The van der Waals surface area contributed by atoms with Gasteiger partial charge in [0.15, 0.2) is 5.11 Å². The molecule has 1 aliphatic rings. The van der Waals surface area contributed by atoms with Gasteiger partial charge in [-0.05, 0) is 73.1 Å². The Kier molecular flexibility index (Phi) is 7.12. The molecule has 1 aliphatic heterocycles. The zero-order chi connectivity index (χ0) is 27.7. The summed E-state index contributed by atoms with van der Waals surface area (Å²) in [6.07, 6.45) is -1.76. The van der Waals surface area contributed by atoms with Crippen LogP contribution in [0, 0.1) is 26.0 Å². The largest absolute Gasteiger partial charge is 0.573 e. The van der Waals surface area contributed by atoms with Crippen molar-refractivity contribution in [3.63, 3.8) is 0 Å². The normalized spacial score (nSPS) is 14.3. The molecule has 4 aromatic rings. The van der Waals surface area contributed by atoms with Crippen LogP contribution in [0.4, 0.5) is 18.9 Å². The number of fused-ring (bicyclic) bond motifs is 3. The van der Waals surface area contributed by atoms with Crippen LogP contribution in [0.1, 0.15) is 22.3 Å². The number of halogens is 3. The highest BCUT2D eigenvalue weighted by Crippen LogP contribution is 2.35. The number of rotatable bonds is 5. The van der Waals surface area contributed by atoms with Gasteiger partial charge in [0.2, 0.25) is 0 Å². The van der Waals surface area contributed by atoms with Gasteiger partial charge in [-0.2, -0.15) is 5.10 Å². The molecule has 5 rings (SSSR count). The van der Waals surface area contributed by atoms with Crippen molar-refractivity contribution in [1.82, 2.24) is 15.0 Å². The first-order valence-electron chi connectivity index (χ1n) is 11.5. The number of alkyl halides is 3. The first-order chi connectivity index (χ1) is 18.6. The lowest BCUT2D eigenvalue weighted by Crippen LogP contribution is -2.24. The number of ether oxygens (including phenoxy) is 1. The fraction of sp³-hybridized carbons (Fsp3) is 0.148. The molecule has 0 fully saturated rings. The molecule has 3 aromatic carbocycles. The topological polar surface area (TPSA) is 80.5 Å². The summed E-state index contributed by atoms with van der Waals surface area (Å²) in [6, 6.07) is 19.1. The first-order valence-corrected chi connectivity index (χ1v) is 13.3. The minimum atomic E-state index is -4.78. The molecule has 0 amide bonds. The number of aryl methyl sites for hydroxylation is 2. The Labute approximate surface area is 230 Å². The third-order valence-corrected chi connectivity index (χ3v) is 7.47. The third-order valence-electron chi connectivity index (χ3n) is 5.88. The van der Waals surface area contributed by atoms with E-state index in [-0.39, 0.29) is 11.5 Å². The second kappa shape index (κ2) is 10.5. The molecular weight excluding hydrogens is 547 g/mol. The van der Waals surface area contributed by atoms with Gasteiger partial charge in [-0.15, -0.1) is 13.2 Å². The molecule has 0 saturated carbocycles. The number of nitrogens with one attached hydrogen (secondary N) is 2. The molecule has 1 unspecified atom stereocenters. The van der Waals surface area contributed by atoms with Gasteiger partial charge in [0.05, 0.1) is 28.3 Å². The van der Waals surface area contributed by atoms with E-state index in [1.165, 1.54) is 36.8 Å². The lowest BCUT2D eigenvalue weighted by molar-refractivity contribution is -0.274. The molecule has 0 radical (unpaired) electrons. The van der Waals surface area contributed by atoms with Crippen molar-refractivity contribution >= 4 is 40.0 Å². The van der Waals surface area contributed by atoms with Crippen LogP contribution in [0.25, 0.3) is 16.9 Å².